The summed E-state index contributed by atoms with van der Waals surface area (Å²) < 4.78 is 5.69. The number of pyridine rings is 1. The van der Waals surface area contributed by atoms with E-state index in [0.29, 0.717) is 19.4 Å². The summed E-state index contributed by atoms with van der Waals surface area (Å²) in [5.74, 6) is 0.170. The average Bonchev–Trinajstić information content (AvgIpc) is 3.15. The maximum atomic E-state index is 12.4. The van der Waals surface area contributed by atoms with Crippen LogP contribution in [0, 0.1) is 0 Å². The third-order valence-electron chi connectivity index (χ3n) is 4.79. The molecule has 26 heavy (non-hydrogen) atoms. The first-order valence-corrected chi connectivity index (χ1v) is 8.87. The Morgan fingerprint density at radius 2 is 2.19 bits per heavy atom. The van der Waals surface area contributed by atoms with E-state index in [0.717, 1.165) is 40.7 Å². The molecule has 1 aliphatic rings. The van der Waals surface area contributed by atoms with Gasteiger partial charge in [0.2, 0.25) is 0 Å². The van der Waals surface area contributed by atoms with Gasteiger partial charge >= 0.3 is 0 Å². The second kappa shape index (κ2) is 7.35. The number of morpholine rings is 1. The number of carbonyl (C=O) groups is 1. The molecule has 0 bridgehead atoms. The van der Waals surface area contributed by atoms with Crippen molar-refractivity contribution in [1.29, 1.82) is 0 Å². The van der Waals surface area contributed by atoms with E-state index < -0.39 is 0 Å². The first kappa shape index (κ1) is 16.9. The normalized spacial score (nSPS) is 18.3. The number of carbonyl (C=O) groups excluding carboxylic acids is 1. The number of ketones is 1. The fraction of sp³-hybridized carbons (Fsp3) is 0.350. The van der Waals surface area contributed by atoms with Crippen molar-refractivity contribution < 1.29 is 9.53 Å². The molecule has 1 N–H and O–H groups in total. The number of benzene rings is 1. The molecule has 0 amide bonds. The van der Waals surface area contributed by atoms with E-state index in [1.54, 1.807) is 6.20 Å². The van der Waals surface area contributed by atoms with Gasteiger partial charge in [0.25, 0.3) is 0 Å². The third-order valence-corrected chi connectivity index (χ3v) is 4.79. The summed E-state index contributed by atoms with van der Waals surface area (Å²) in [4.78, 5) is 19.1. The van der Waals surface area contributed by atoms with Gasteiger partial charge in [-0.3, -0.25) is 14.9 Å². The number of aromatic amines is 1. The molecule has 3 heterocycles. The monoisotopic (exact) mass is 350 g/mol. The van der Waals surface area contributed by atoms with Crippen molar-refractivity contribution in [2.75, 3.05) is 26.7 Å². The van der Waals surface area contributed by atoms with Crippen molar-refractivity contribution in [2.45, 2.75) is 18.9 Å². The number of nitrogens with one attached hydrogen (secondary N) is 1. The van der Waals surface area contributed by atoms with Crippen LogP contribution < -0.4 is 0 Å². The first-order valence-electron chi connectivity index (χ1n) is 8.87. The highest BCUT2D eigenvalue weighted by Crippen LogP contribution is 2.24. The first-order chi connectivity index (χ1) is 12.7. The summed E-state index contributed by atoms with van der Waals surface area (Å²) in [7, 11) is 2.06. The Kier molecular flexibility index (Phi) is 4.77. The molecule has 2 aromatic heterocycles. The molecule has 0 aliphatic carbocycles. The summed E-state index contributed by atoms with van der Waals surface area (Å²) in [6.45, 7) is 2.43. The number of ether oxygens (including phenoxy) is 1. The highest BCUT2D eigenvalue weighted by molar-refractivity contribution is 5.88. The van der Waals surface area contributed by atoms with Crippen molar-refractivity contribution >= 4 is 16.6 Å². The summed E-state index contributed by atoms with van der Waals surface area (Å²) in [6, 6.07) is 8.21. The molecule has 1 saturated heterocycles. The van der Waals surface area contributed by atoms with Crippen molar-refractivity contribution in [3.8, 4) is 11.1 Å². The molecule has 3 aromatic rings. The second-order valence-corrected chi connectivity index (χ2v) is 6.90. The minimum absolute atomic E-state index is 0.00519. The molecule has 0 saturated carbocycles. The Morgan fingerprint density at radius 1 is 1.27 bits per heavy atom. The summed E-state index contributed by atoms with van der Waals surface area (Å²) in [5.41, 5.74) is 2.93. The van der Waals surface area contributed by atoms with E-state index in [4.69, 9.17) is 4.74 Å². The number of nitrogens with zero attached hydrogens (tertiary/aromatic N) is 3. The predicted octanol–water partition coefficient (Wildman–Crippen LogP) is 2.46. The molecule has 0 radical (unpaired) electrons. The van der Waals surface area contributed by atoms with Crippen LogP contribution in [0.15, 0.2) is 42.9 Å². The van der Waals surface area contributed by atoms with Gasteiger partial charge < -0.3 is 9.64 Å². The van der Waals surface area contributed by atoms with Crippen LogP contribution in [0.3, 0.4) is 0 Å². The number of aromatic nitrogens is 3. The maximum absolute atomic E-state index is 12.4. The molecule has 0 spiro atoms. The number of fused-ring (bicyclic) bond motifs is 1. The van der Waals surface area contributed by atoms with Crippen LogP contribution in [-0.4, -0.2) is 58.7 Å². The molecule has 4 rings (SSSR count). The van der Waals surface area contributed by atoms with Crippen molar-refractivity contribution in [3.63, 3.8) is 0 Å². The summed E-state index contributed by atoms with van der Waals surface area (Å²) in [6.07, 6.45) is 6.29. The van der Waals surface area contributed by atoms with Crippen LogP contribution in [0.2, 0.25) is 0 Å². The minimum Gasteiger partial charge on any atom is -0.375 e. The van der Waals surface area contributed by atoms with E-state index in [9.17, 15) is 4.79 Å². The third kappa shape index (κ3) is 3.81. The zero-order valence-electron chi connectivity index (χ0n) is 14.8. The molecule has 134 valence electrons. The number of rotatable bonds is 5. The van der Waals surface area contributed by atoms with Crippen molar-refractivity contribution in [2.24, 2.45) is 0 Å². The molecular formula is C20H22N4O2. The zero-order chi connectivity index (χ0) is 17.9. The van der Waals surface area contributed by atoms with Gasteiger partial charge in [0.1, 0.15) is 5.78 Å². The molecular weight excluding hydrogens is 328 g/mol. The standard InChI is InChI=1S/C20H22N4O2/c1-24-4-5-26-20(13-24)9-19(25)8-18-7-16-6-14(17-11-22-23-12-17)2-3-15(16)10-21-18/h2-3,6-7,10-12,20H,4-5,8-9,13H2,1H3,(H,22,23). The SMILES string of the molecule is CN1CCOC(CC(=O)Cc2cc3cc(-c4cn[nH]c4)ccc3cn2)C1. The van der Waals surface area contributed by atoms with Crippen molar-refractivity contribution in [1.82, 2.24) is 20.1 Å². The van der Waals surface area contributed by atoms with Crippen LogP contribution in [0.4, 0.5) is 0 Å². The highest BCUT2D eigenvalue weighted by Gasteiger charge is 2.21. The largest absolute Gasteiger partial charge is 0.375 e. The number of hydrogen-bond donors (Lipinski definition) is 1. The topological polar surface area (TPSA) is 71.1 Å². The smallest absolute Gasteiger partial charge is 0.141 e. The number of Topliss-reactive ketones (excluding diaryl/α,β-unsaturated/α-hetero) is 1. The van der Waals surface area contributed by atoms with Gasteiger partial charge in [0.15, 0.2) is 0 Å². The van der Waals surface area contributed by atoms with E-state index in [1.807, 2.05) is 24.5 Å². The predicted molar refractivity (Wildman–Crippen MR) is 99.9 cm³/mol. The van der Waals surface area contributed by atoms with Crippen LogP contribution in [0.25, 0.3) is 21.9 Å². The highest BCUT2D eigenvalue weighted by atomic mass is 16.5. The molecule has 1 fully saturated rings. The van der Waals surface area contributed by atoms with Gasteiger partial charge in [-0.25, -0.2) is 0 Å². The Labute approximate surface area is 152 Å². The molecule has 1 atom stereocenters. The van der Waals surface area contributed by atoms with Gasteiger partial charge in [-0.05, 0) is 30.1 Å². The minimum atomic E-state index is -0.00519. The van der Waals surface area contributed by atoms with Crippen LogP contribution in [0.1, 0.15) is 12.1 Å². The van der Waals surface area contributed by atoms with Gasteiger partial charge in [0, 0.05) is 55.0 Å². The maximum Gasteiger partial charge on any atom is 0.141 e. The van der Waals surface area contributed by atoms with Crippen LogP contribution in [0.5, 0.6) is 0 Å². The number of likely N-dealkylation sites (N-methyl/N-ethyl adjacent to an activating group) is 1. The van der Waals surface area contributed by atoms with Gasteiger partial charge in [-0.1, -0.05) is 12.1 Å². The summed E-state index contributed by atoms with van der Waals surface area (Å²) in [5, 5.41) is 8.97. The van der Waals surface area contributed by atoms with Gasteiger partial charge in [0.05, 0.1) is 18.9 Å². The van der Waals surface area contributed by atoms with Crippen molar-refractivity contribution in [3.05, 3.63) is 48.5 Å². The quantitative estimate of drug-likeness (QED) is 0.765. The van der Waals surface area contributed by atoms with E-state index >= 15 is 0 Å². The van der Waals surface area contributed by atoms with Crippen LogP contribution in [-0.2, 0) is 16.0 Å². The van der Waals surface area contributed by atoms with E-state index in [1.165, 1.54) is 0 Å². The second-order valence-electron chi connectivity index (χ2n) is 6.90. The Hall–Kier alpha value is -2.57. The Balaban J connectivity index is 1.48. The number of H-pyrrole nitrogens is 1. The lowest BCUT2D eigenvalue weighted by Gasteiger charge is -2.29. The molecule has 6 nitrogen and oxygen atoms in total. The zero-order valence-corrected chi connectivity index (χ0v) is 14.8. The average molecular weight is 350 g/mol. The Morgan fingerprint density at radius 3 is 3.00 bits per heavy atom. The lowest BCUT2D eigenvalue weighted by Crippen LogP contribution is -2.41. The fourth-order valence-electron chi connectivity index (χ4n) is 3.39. The van der Waals surface area contributed by atoms with E-state index in [2.05, 4.69) is 39.3 Å². The lowest BCUT2D eigenvalue weighted by molar-refractivity contribution is -0.123. The molecule has 6 heteroatoms. The van der Waals surface area contributed by atoms with Gasteiger partial charge in [-0.2, -0.15) is 5.10 Å². The van der Waals surface area contributed by atoms with Gasteiger partial charge in [-0.15, -0.1) is 0 Å². The molecule has 1 unspecified atom stereocenters. The fourth-order valence-corrected chi connectivity index (χ4v) is 3.39. The number of hydrogen-bond acceptors (Lipinski definition) is 5. The van der Waals surface area contributed by atoms with E-state index in [-0.39, 0.29) is 11.9 Å². The molecule has 1 aromatic carbocycles. The molecule has 1 aliphatic heterocycles. The summed E-state index contributed by atoms with van der Waals surface area (Å²) >= 11 is 0. The lowest BCUT2D eigenvalue weighted by atomic mass is 10.0. The van der Waals surface area contributed by atoms with Crippen LogP contribution >= 0.6 is 0 Å². The Bertz CT molecular complexity index is 907.